The van der Waals surface area contributed by atoms with Crippen molar-refractivity contribution in [2.45, 2.75) is 38.8 Å². The van der Waals surface area contributed by atoms with Gasteiger partial charge in [-0.05, 0) is 30.5 Å². The maximum atomic E-state index is 9.57. The topological polar surface area (TPSA) is 50.7 Å². The van der Waals surface area contributed by atoms with Crippen LogP contribution in [-0.4, -0.2) is 30.5 Å². The normalized spacial score (nSPS) is 14.4. The van der Waals surface area contributed by atoms with E-state index in [-0.39, 0.29) is 12.1 Å². The fraction of sp³-hybridized carbons (Fsp3) is 0.600. The highest BCUT2D eigenvalue weighted by Crippen LogP contribution is 2.38. The predicted octanol–water partition coefficient (Wildman–Crippen LogP) is 2.75. The van der Waals surface area contributed by atoms with Gasteiger partial charge in [0.15, 0.2) is 11.5 Å². The fourth-order valence-electron chi connectivity index (χ4n) is 2.34. The highest BCUT2D eigenvalue weighted by Gasteiger charge is 2.24. The Hall–Kier alpha value is -0.970. The maximum Gasteiger partial charge on any atom is 0.179 e. The van der Waals surface area contributed by atoms with Crippen LogP contribution in [0, 0.1) is 0 Å². The predicted molar refractivity (Wildman–Crippen MR) is 79.7 cm³/mol. The minimum absolute atomic E-state index is 0.123. The van der Waals surface area contributed by atoms with E-state index in [1.807, 2.05) is 12.1 Å². The average molecular weight is 300 g/mol. The first kappa shape index (κ1) is 15.4. The molecule has 0 radical (unpaired) electrons. The van der Waals surface area contributed by atoms with Gasteiger partial charge >= 0.3 is 0 Å². The van der Waals surface area contributed by atoms with Gasteiger partial charge < -0.3 is 19.9 Å². The minimum Gasteiger partial charge on any atom is -0.486 e. The third kappa shape index (κ3) is 3.19. The average Bonchev–Trinajstić information content (AvgIpc) is 2.49. The molecule has 1 heterocycles. The highest BCUT2D eigenvalue weighted by atomic mass is 35.5. The minimum atomic E-state index is -0.236. The van der Waals surface area contributed by atoms with Crippen LogP contribution in [0.1, 0.15) is 32.3 Å². The molecule has 0 saturated heterocycles. The molecule has 2 N–H and O–H groups in total. The van der Waals surface area contributed by atoms with Crippen LogP contribution in [-0.2, 0) is 6.54 Å². The molecule has 0 unspecified atom stereocenters. The number of rotatable bonds is 6. The number of benzene rings is 1. The molecular formula is C15H22ClNO3. The van der Waals surface area contributed by atoms with Crippen LogP contribution in [0.15, 0.2) is 12.1 Å². The first-order chi connectivity index (χ1) is 9.64. The fourth-order valence-corrected chi connectivity index (χ4v) is 2.62. The first-order valence-electron chi connectivity index (χ1n) is 7.08. The smallest absolute Gasteiger partial charge is 0.179 e. The SMILES string of the molecule is CCC(CC)(CO)NCc1cc(Cl)c2c(c1)OCCO2. The van der Waals surface area contributed by atoms with Crippen LogP contribution in [0.3, 0.4) is 0 Å². The quantitative estimate of drug-likeness (QED) is 0.848. The second kappa shape index (κ2) is 6.66. The Morgan fingerprint density at radius 1 is 1.25 bits per heavy atom. The highest BCUT2D eigenvalue weighted by molar-refractivity contribution is 6.32. The summed E-state index contributed by atoms with van der Waals surface area (Å²) in [4.78, 5) is 0. The van der Waals surface area contributed by atoms with Crippen molar-refractivity contribution in [1.29, 1.82) is 0 Å². The van der Waals surface area contributed by atoms with Crippen molar-refractivity contribution in [3.63, 3.8) is 0 Å². The Bertz CT molecular complexity index is 452. The van der Waals surface area contributed by atoms with E-state index in [9.17, 15) is 5.11 Å². The van der Waals surface area contributed by atoms with E-state index >= 15 is 0 Å². The summed E-state index contributed by atoms with van der Waals surface area (Å²) < 4.78 is 11.1. The summed E-state index contributed by atoms with van der Waals surface area (Å²) in [5, 5.41) is 13.6. The summed E-state index contributed by atoms with van der Waals surface area (Å²) in [5.41, 5.74) is 0.790. The van der Waals surface area contributed by atoms with Gasteiger partial charge in [-0.1, -0.05) is 25.4 Å². The van der Waals surface area contributed by atoms with E-state index in [4.69, 9.17) is 21.1 Å². The number of hydrogen-bond donors (Lipinski definition) is 2. The van der Waals surface area contributed by atoms with Gasteiger partial charge in [0.2, 0.25) is 0 Å². The van der Waals surface area contributed by atoms with Crippen molar-refractivity contribution < 1.29 is 14.6 Å². The van der Waals surface area contributed by atoms with Crippen LogP contribution >= 0.6 is 11.6 Å². The summed E-state index contributed by atoms with van der Waals surface area (Å²) in [6, 6.07) is 3.83. The summed E-state index contributed by atoms with van der Waals surface area (Å²) in [6.45, 7) is 5.98. The third-order valence-corrected chi connectivity index (χ3v) is 4.26. The van der Waals surface area contributed by atoms with Crippen molar-refractivity contribution >= 4 is 11.6 Å². The van der Waals surface area contributed by atoms with Gasteiger partial charge in [0.1, 0.15) is 13.2 Å². The Morgan fingerprint density at radius 3 is 2.60 bits per heavy atom. The Balaban J connectivity index is 2.12. The monoisotopic (exact) mass is 299 g/mol. The lowest BCUT2D eigenvalue weighted by atomic mass is 9.93. The molecule has 0 saturated carbocycles. The van der Waals surface area contributed by atoms with Gasteiger partial charge in [-0.3, -0.25) is 0 Å². The largest absolute Gasteiger partial charge is 0.486 e. The Labute approximate surface area is 125 Å². The van der Waals surface area contributed by atoms with E-state index in [2.05, 4.69) is 19.2 Å². The zero-order chi connectivity index (χ0) is 14.6. The van der Waals surface area contributed by atoms with Crippen molar-refractivity contribution in [1.82, 2.24) is 5.32 Å². The molecule has 0 bridgehead atoms. The van der Waals surface area contributed by atoms with Crippen molar-refractivity contribution in [2.75, 3.05) is 19.8 Å². The molecule has 0 aromatic heterocycles. The van der Waals surface area contributed by atoms with Gasteiger partial charge in [-0.15, -0.1) is 0 Å². The maximum absolute atomic E-state index is 9.57. The molecule has 0 amide bonds. The summed E-state index contributed by atoms with van der Waals surface area (Å²) in [5.74, 6) is 1.32. The summed E-state index contributed by atoms with van der Waals surface area (Å²) in [6.07, 6.45) is 1.75. The van der Waals surface area contributed by atoms with Gasteiger partial charge in [0.25, 0.3) is 0 Å². The number of halogens is 1. The lowest BCUT2D eigenvalue weighted by Gasteiger charge is -2.31. The van der Waals surface area contributed by atoms with Crippen LogP contribution in [0.5, 0.6) is 11.5 Å². The number of fused-ring (bicyclic) bond motifs is 1. The van der Waals surface area contributed by atoms with E-state index < -0.39 is 0 Å². The van der Waals surface area contributed by atoms with Crippen molar-refractivity contribution in [3.05, 3.63) is 22.7 Å². The summed E-state index contributed by atoms with van der Waals surface area (Å²) >= 11 is 6.22. The number of aliphatic hydroxyl groups is 1. The number of ether oxygens (including phenoxy) is 2. The molecule has 5 heteroatoms. The van der Waals surface area contributed by atoms with Crippen LogP contribution in [0.4, 0.5) is 0 Å². The van der Waals surface area contributed by atoms with Crippen LogP contribution in [0.2, 0.25) is 5.02 Å². The molecule has 20 heavy (non-hydrogen) atoms. The second-order valence-corrected chi connectivity index (χ2v) is 5.51. The van der Waals surface area contributed by atoms with Gasteiger partial charge in [-0.25, -0.2) is 0 Å². The second-order valence-electron chi connectivity index (χ2n) is 5.10. The lowest BCUT2D eigenvalue weighted by molar-refractivity contribution is 0.149. The molecule has 0 atom stereocenters. The Morgan fingerprint density at radius 2 is 1.95 bits per heavy atom. The molecule has 1 aromatic rings. The van der Waals surface area contributed by atoms with Crippen molar-refractivity contribution in [3.8, 4) is 11.5 Å². The third-order valence-electron chi connectivity index (χ3n) is 3.98. The molecular weight excluding hydrogens is 278 g/mol. The number of hydrogen-bond acceptors (Lipinski definition) is 4. The van der Waals surface area contributed by atoms with Gasteiger partial charge in [0, 0.05) is 12.1 Å². The molecule has 1 aliphatic rings. The van der Waals surface area contributed by atoms with E-state index in [1.54, 1.807) is 0 Å². The molecule has 1 aromatic carbocycles. The molecule has 1 aliphatic heterocycles. The first-order valence-corrected chi connectivity index (χ1v) is 7.46. The van der Waals surface area contributed by atoms with Gasteiger partial charge in [0.05, 0.1) is 11.6 Å². The molecule has 112 valence electrons. The molecule has 0 aliphatic carbocycles. The molecule has 0 spiro atoms. The molecule has 4 nitrogen and oxygen atoms in total. The number of aliphatic hydroxyl groups excluding tert-OH is 1. The standard InChI is InChI=1S/C15H22ClNO3/c1-3-15(4-2,10-18)17-9-11-7-12(16)14-13(8-11)19-5-6-20-14/h7-8,17-18H,3-6,9-10H2,1-2H3. The lowest BCUT2D eigenvalue weighted by Crippen LogP contribution is -2.47. The zero-order valence-electron chi connectivity index (χ0n) is 12.0. The van der Waals surface area contributed by atoms with E-state index in [0.717, 1.165) is 18.4 Å². The van der Waals surface area contributed by atoms with E-state index in [1.165, 1.54) is 0 Å². The van der Waals surface area contributed by atoms with Crippen LogP contribution in [0.25, 0.3) is 0 Å². The van der Waals surface area contributed by atoms with Crippen LogP contribution < -0.4 is 14.8 Å². The molecule has 2 rings (SSSR count). The number of nitrogens with one attached hydrogen (secondary N) is 1. The van der Waals surface area contributed by atoms with Crippen molar-refractivity contribution in [2.24, 2.45) is 0 Å². The Kier molecular flexibility index (Phi) is 5.13. The van der Waals surface area contributed by atoms with E-state index in [0.29, 0.717) is 36.3 Å². The zero-order valence-corrected chi connectivity index (χ0v) is 12.8. The molecule has 0 fully saturated rings. The summed E-state index contributed by atoms with van der Waals surface area (Å²) in [7, 11) is 0. The van der Waals surface area contributed by atoms with Gasteiger partial charge in [-0.2, -0.15) is 0 Å².